The van der Waals surface area contributed by atoms with E-state index in [1.165, 1.54) is 12.5 Å². The summed E-state index contributed by atoms with van der Waals surface area (Å²) in [4.78, 5) is 22.9. The molecule has 2 N–H and O–H groups in total. The first-order chi connectivity index (χ1) is 10.5. The molecule has 0 saturated carbocycles. The second kappa shape index (κ2) is 7.41. The van der Waals surface area contributed by atoms with Gasteiger partial charge in [-0.25, -0.2) is 0 Å². The van der Waals surface area contributed by atoms with Crippen LogP contribution in [0.1, 0.15) is 23.6 Å². The first-order valence-electron chi connectivity index (χ1n) is 7.22. The van der Waals surface area contributed by atoms with E-state index in [4.69, 9.17) is 0 Å². The smallest absolute Gasteiger partial charge is 0.224 e. The molecule has 0 aliphatic heterocycles. The second-order valence-electron chi connectivity index (χ2n) is 5.32. The molecule has 0 radical (unpaired) electrons. The summed E-state index contributed by atoms with van der Waals surface area (Å²) in [6.45, 7) is 3.97. The van der Waals surface area contributed by atoms with E-state index in [1.54, 1.807) is 0 Å². The van der Waals surface area contributed by atoms with Crippen molar-refractivity contribution in [2.45, 2.75) is 26.8 Å². The number of rotatable bonds is 5. The Hall–Kier alpha value is -2.62. The molecule has 0 aliphatic carbocycles. The number of hydrogen-bond donors (Lipinski definition) is 2. The van der Waals surface area contributed by atoms with Crippen LogP contribution in [0.25, 0.3) is 0 Å². The molecule has 4 heteroatoms. The minimum Gasteiger partial charge on any atom is -0.352 e. The van der Waals surface area contributed by atoms with Gasteiger partial charge in [0.1, 0.15) is 0 Å². The Morgan fingerprint density at radius 3 is 2.09 bits per heavy atom. The van der Waals surface area contributed by atoms with Gasteiger partial charge >= 0.3 is 0 Å². The van der Waals surface area contributed by atoms with E-state index in [2.05, 4.69) is 10.6 Å². The standard InChI is InChI=1S/C18H20N2O2/c1-13-3-5-15(6-4-13)11-18(22)19-12-16-7-9-17(10-8-16)20-14(2)21/h3-10H,11-12H2,1-2H3,(H,19,22)(H,20,21). The molecule has 4 nitrogen and oxygen atoms in total. The van der Waals surface area contributed by atoms with Crippen molar-refractivity contribution in [3.05, 3.63) is 65.2 Å². The van der Waals surface area contributed by atoms with E-state index in [1.807, 2.05) is 55.5 Å². The van der Waals surface area contributed by atoms with Gasteiger partial charge in [0, 0.05) is 19.2 Å². The quantitative estimate of drug-likeness (QED) is 0.891. The van der Waals surface area contributed by atoms with Crippen LogP contribution in [0.4, 0.5) is 5.69 Å². The summed E-state index contributed by atoms with van der Waals surface area (Å²) in [7, 11) is 0. The molecule has 2 aromatic carbocycles. The van der Waals surface area contributed by atoms with Crippen LogP contribution in [-0.2, 0) is 22.6 Å². The fraction of sp³-hybridized carbons (Fsp3) is 0.222. The van der Waals surface area contributed by atoms with Gasteiger partial charge in [0.05, 0.1) is 6.42 Å². The Kier molecular flexibility index (Phi) is 5.31. The third kappa shape index (κ3) is 5.05. The van der Waals surface area contributed by atoms with Crippen molar-refractivity contribution in [3.63, 3.8) is 0 Å². The lowest BCUT2D eigenvalue weighted by Crippen LogP contribution is -2.24. The van der Waals surface area contributed by atoms with Crippen LogP contribution in [-0.4, -0.2) is 11.8 Å². The van der Waals surface area contributed by atoms with E-state index >= 15 is 0 Å². The zero-order chi connectivity index (χ0) is 15.9. The van der Waals surface area contributed by atoms with Crippen LogP contribution in [0, 0.1) is 6.92 Å². The highest BCUT2D eigenvalue weighted by Crippen LogP contribution is 2.09. The summed E-state index contributed by atoms with van der Waals surface area (Å²) in [6, 6.07) is 15.4. The van der Waals surface area contributed by atoms with Gasteiger partial charge in [-0.2, -0.15) is 0 Å². The van der Waals surface area contributed by atoms with Gasteiger partial charge in [-0.15, -0.1) is 0 Å². The lowest BCUT2D eigenvalue weighted by molar-refractivity contribution is -0.120. The van der Waals surface area contributed by atoms with E-state index in [9.17, 15) is 9.59 Å². The number of carbonyl (C=O) groups excluding carboxylic acids is 2. The molecular formula is C18H20N2O2. The molecule has 2 amide bonds. The van der Waals surface area contributed by atoms with Gasteiger partial charge in [0.15, 0.2) is 0 Å². The van der Waals surface area contributed by atoms with Crippen molar-refractivity contribution in [1.29, 1.82) is 0 Å². The zero-order valence-corrected chi connectivity index (χ0v) is 12.8. The monoisotopic (exact) mass is 296 g/mol. The molecule has 0 bridgehead atoms. The van der Waals surface area contributed by atoms with Gasteiger partial charge in [0.25, 0.3) is 0 Å². The molecule has 2 rings (SSSR count). The molecular weight excluding hydrogens is 276 g/mol. The summed E-state index contributed by atoms with van der Waals surface area (Å²) >= 11 is 0. The van der Waals surface area contributed by atoms with Crippen LogP contribution in [0.15, 0.2) is 48.5 Å². The van der Waals surface area contributed by atoms with Crippen LogP contribution in [0.3, 0.4) is 0 Å². The van der Waals surface area contributed by atoms with Crippen molar-refractivity contribution >= 4 is 17.5 Å². The highest BCUT2D eigenvalue weighted by Gasteiger charge is 2.03. The Labute approximate surface area is 130 Å². The maximum absolute atomic E-state index is 11.9. The highest BCUT2D eigenvalue weighted by atomic mass is 16.2. The lowest BCUT2D eigenvalue weighted by Gasteiger charge is -2.07. The molecule has 22 heavy (non-hydrogen) atoms. The molecule has 0 unspecified atom stereocenters. The van der Waals surface area contributed by atoms with Gasteiger partial charge in [-0.05, 0) is 30.2 Å². The topological polar surface area (TPSA) is 58.2 Å². The SMILES string of the molecule is CC(=O)Nc1ccc(CNC(=O)Cc2ccc(C)cc2)cc1. The Bertz CT molecular complexity index is 646. The number of hydrogen-bond acceptors (Lipinski definition) is 2. The maximum atomic E-state index is 11.9. The fourth-order valence-electron chi connectivity index (χ4n) is 2.06. The van der Waals surface area contributed by atoms with E-state index in [-0.39, 0.29) is 11.8 Å². The summed E-state index contributed by atoms with van der Waals surface area (Å²) in [5.74, 6) is -0.103. The number of benzene rings is 2. The second-order valence-corrected chi connectivity index (χ2v) is 5.32. The van der Waals surface area contributed by atoms with Gasteiger partial charge in [-0.3, -0.25) is 9.59 Å². The molecule has 0 atom stereocenters. The largest absolute Gasteiger partial charge is 0.352 e. The average molecular weight is 296 g/mol. The Balaban J connectivity index is 1.83. The van der Waals surface area contributed by atoms with Crippen molar-refractivity contribution in [2.24, 2.45) is 0 Å². The number of amides is 2. The summed E-state index contributed by atoms with van der Waals surface area (Å²) in [6.07, 6.45) is 0.379. The van der Waals surface area contributed by atoms with Crippen LogP contribution in [0.5, 0.6) is 0 Å². The predicted molar refractivity (Wildman–Crippen MR) is 87.5 cm³/mol. The summed E-state index contributed by atoms with van der Waals surface area (Å²) in [5, 5.41) is 5.60. The van der Waals surface area contributed by atoms with E-state index < -0.39 is 0 Å². The van der Waals surface area contributed by atoms with Gasteiger partial charge < -0.3 is 10.6 Å². The van der Waals surface area contributed by atoms with Gasteiger partial charge in [-0.1, -0.05) is 42.0 Å². The minimum absolute atomic E-state index is 0.00482. The van der Waals surface area contributed by atoms with Crippen LogP contribution >= 0.6 is 0 Å². The highest BCUT2D eigenvalue weighted by molar-refractivity contribution is 5.88. The minimum atomic E-state index is -0.0980. The fourth-order valence-corrected chi connectivity index (χ4v) is 2.06. The van der Waals surface area contributed by atoms with Crippen molar-refractivity contribution in [3.8, 4) is 0 Å². The van der Waals surface area contributed by atoms with Gasteiger partial charge in [0.2, 0.25) is 11.8 Å². The molecule has 0 saturated heterocycles. The molecule has 0 spiro atoms. The first kappa shape index (κ1) is 15.8. The number of aryl methyl sites for hydroxylation is 1. The molecule has 0 aromatic heterocycles. The molecule has 2 aromatic rings. The third-order valence-electron chi connectivity index (χ3n) is 3.25. The van der Waals surface area contributed by atoms with Crippen molar-refractivity contribution < 1.29 is 9.59 Å². The summed E-state index contributed by atoms with van der Waals surface area (Å²) < 4.78 is 0. The molecule has 114 valence electrons. The number of nitrogens with one attached hydrogen (secondary N) is 2. The van der Waals surface area contributed by atoms with Crippen LogP contribution < -0.4 is 10.6 Å². The van der Waals surface area contributed by atoms with Crippen molar-refractivity contribution in [2.75, 3.05) is 5.32 Å². The number of carbonyl (C=O) groups is 2. The third-order valence-corrected chi connectivity index (χ3v) is 3.25. The van der Waals surface area contributed by atoms with Crippen molar-refractivity contribution in [1.82, 2.24) is 5.32 Å². The molecule has 0 aliphatic rings. The van der Waals surface area contributed by atoms with E-state index in [0.29, 0.717) is 13.0 Å². The summed E-state index contributed by atoms with van der Waals surface area (Å²) in [5.41, 5.74) is 3.93. The van der Waals surface area contributed by atoms with E-state index in [0.717, 1.165) is 16.8 Å². The molecule has 0 fully saturated rings. The maximum Gasteiger partial charge on any atom is 0.224 e. The molecule has 0 heterocycles. The van der Waals surface area contributed by atoms with Crippen LogP contribution in [0.2, 0.25) is 0 Å². The Morgan fingerprint density at radius 1 is 0.909 bits per heavy atom. The number of anilines is 1. The average Bonchev–Trinajstić information content (AvgIpc) is 2.48. The first-order valence-corrected chi connectivity index (χ1v) is 7.22. The normalized spacial score (nSPS) is 10.1. The lowest BCUT2D eigenvalue weighted by atomic mass is 10.1. The predicted octanol–water partition coefficient (Wildman–Crippen LogP) is 2.81. The zero-order valence-electron chi connectivity index (χ0n) is 12.8. The Morgan fingerprint density at radius 2 is 1.50 bits per heavy atom.